The summed E-state index contributed by atoms with van der Waals surface area (Å²) in [6.07, 6.45) is -30.2. The molecule has 252 valence electrons. The Morgan fingerprint density at radius 1 is 0.476 bits per heavy atom. The number of rotatable bonds is 27. The lowest BCUT2D eigenvalue weighted by atomic mass is 10.1. The van der Waals surface area contributed by atoms with E-state index in [4.69, 9.17) is 5.11 Å². The normalized spacial score (nSPS) is 14.0. The SMILES string of the molecule is C=CCCCCCCCCCOCC(F)(F)OC(F)(F)C(F)(F)OC(F)(F)C(F)(F)OC(F)(F)COCCOCCO. The second-order valence-electron chi connectivity index (χ2n) is 8.64. The molecule has 0 aromatic carbocycles. The molecule has 0 saturated carbocycles. The summed E-state index contributed by atoms with van der Waals surface area (Å²) < 4.78 is 183. The van der Waals surface area contributed by atoms with Crippen LogP contribution in [-0.2, 0) is 28.4 Å². The van der Waals surface area contributed by atoms with Crippen molar-refractivity contribution in [3.05, 3.63) is 12.7 Å². The number of ether oxygens (including phenoxy) is 6. The van der Waals surface area contributed by atoms with Crippen molar-refractivity contribution in [2.24, 2.45) is 0 Å². The van der Waals surface area contributed by atoms with Crippen LogP contribution in [0.25, 0.3) is 0 Å². The summed E-state index contributed by atoms with van der Waals surface area (Å²) in [6.45, 7) is -3.05. The number of hydrogen-bond donors (Lipinski definition) is 1. The lowest BCUT2D eigenvalue weighted by molar-refractivity contribution is -0.558. The second kappa shape index (κ2) is 18.4. The molecule has 0 aliphatic heterocycles. The maximum atomic E-state index is 13.6. The average molecular weight is 650 g/mol. The summed E-state index contributed by atoms with van der Waals surface area (Å²) in [5.74, 6) is 0. The number of alkyl halides is 12. The maximum absolute atomic E-state index is 13.6. The highest BCUT2D eigenvalue weighted by atomic mass is 19.4. The molecule has 0 aromatic heterocycles. The fourth-order valence-electron chi connectivity index (χ4n) is 2.88. The summed E-state index contributed by atoms with van der Waals surface area (Å²) in [5.41, 5.74) is 0. The molecule has 0 amide bonds. The molecule has 0 atom stereocenters. The minimum absolute atomic E-state index is 0.173. The monoisotopic (exact) mass is 650 g/mol. The summed E-state index contributed by atoms with van der Waals surface area (Å²) in [7, 11) is 0. The third kappa shape index (κ3) is 16.5. The number of hydrogen-bond acceptors (Lipinski definition) is 7. The molecule has 0 spiro atoms. The molecule has 0 fully saturated rings. The molecule has 0 aliphatic carbocycles. The number of allylic oxidation sites excluding steroid dienone is 1. The molecule has 7 nitrogen and oxygen atoms in total. The highest BCUT2D eigenvalue weighted by Crippen LogP contribution is 2.48. The zero-order chi connectivity index (χ0) is 32.6. The molecule has 0 unspecified atom stereocenters. The van der Waals surface area contributed by atoms with Gasteiger partial charge < -0.3 is 19.3 Å². The van der Waals surface area contributed by atoms with Crippen molar-refractivity contribution in [3.8, 4) is 0 Å². The van der Waals surface area contributed by atoms with Crippen LogP contribution in [0.5, 0.6) is 0 Å². The Kier molecular flexibility index (Phi) is 17.8. The second-order valence-corrected chi connectivity index (χ2v) is 8.64. The van der Waals surface area contributed by atoms with Crippen LogP contribution in [0.3, 0.4) is 0 Å². The Hall–Kier alpha value is -1.38. The van der Waals surface area contributed by atoms with Crippen molar-refractivity contribution in [2.75, 3.05) is 46.2 Å². The van der Waals surface area contributed by atoms with Gasteiger partial charge in [-0.1, -0.05) is 38.2 Å². The van der Waals surface area contributed by atoms with Gasteiger partial charge in [0.25, 0.3) is 0 Å². The van der Waals surface area contributed by atoms with Gasteiger partial charge in [0, 0.05) is 6.61 Å². The molecular weight excluding hydrogens is 616 g/mol. The van der Waals surface area contributed by atoms with Gasteiger partial charge in [0.15, 0.2) is 0 Å². The molecule has 0 aliphatic rings. The Labute approximate surface area is 234 Å². The minimum Gasteiger partial charge on any atom is -0.394 e. The average Bonchev–Trinajstić information content (AvgIpc) is 2.82. The van der Waals surface area contributed by atoms with E-state index in [9.17, 15) is 52.7 Å². The largest absolute Gasteiger partial charge is 0.453 e. The van der Waals surface area contributed by atoms with Crippen molar-refractivity contribution in [2.45, 2.75) is 88.0 Å². The number of unbranched alkanes of at least 4 members (excludes halogenated alkanes) is 7. The summed E-state index contributed by atoms with van der Waals surface area (Å²) >= 11 is 0. The van der Waals surface area contributed by atoms with E-state index in [1.54, 1.807) is 6.08 Å². The van der Waals surface area contributed by atoms with Gasteiger partial charge in [0.05, 0.1) is 26.4 Å². The van der Waals surface area contributed by atoms with E-state index >= 15 is 0 Å². The van der Waals surface area contributed by atoms with Crippen LogP contribution >= 0.6 is 0 Å². The molecule has 42 heavy (non-hydrogen) atoms. The third-order valence-electron chi connectivity index (χ3n) is 4.83. The highest BCUT2D eigenvalue weighted by Gasteiger charge is 2.74. The molecule has 0 radical (unpaired) electrons. The molecule has 19 heteroatoms. The zero-order valence-corrected chi connectivity index (χ0v) is 22.3. The van der Waals surface area contributed by atoms with Crippen LogP contribution in [0.2, 0.25) is 0 Å². The number of aliphatic hydroxyl groups is 1. The molecule has 0 aromatic rings. The van der Waals surface area contributed by atoms with Gasteiger partial charge in [-0.25, -0.2) is 14.2 Å². The molecule has 0 rings (SSSR count). The molecular formula is C23H34F12O7. The van der Waals surface area contributed by atoms with Gasteiger partial charge in [-0.15, -0.1) is 6.58 Å². The van der Waals surface area contributed by atoms with Gasteiger partial charge >= 0.3 is 36.7 Å². The van der Waals surface area contributed by atoms with Gasteiger partial charge in [-0.3, -0.25) is 0 Å². The van der Waals surface area contributed by atoms with Gasteiger partial charge in [0.2, 0.25) is 0 Å². The number of halogens is 12. The predicted octanol–water partition coefficient (Wildman–Crippen LogP) is 6.94. The van der Waals surface area contributed by atoms with Gasteiger partial charge in [-0.2, -0.15) is 52.7 Å². The van der Waals surface area contributed by atoms with E-state index in [-0.39, 0.29) is 13.0 Å². The van der Waals surface area contributed by atoms with Crippen LogP contribution in [-0.4, -0.2) is 88.0 Å². The Bertz CT molecular complexity index is 743. The molecule has 0 bridgehead atoms. The fraction of sp³-hybridized carbons (Fsp3) is 0.913. The fourth-order valence-corrected chi connectivity index (χ4v) is 2.88. The lowest BCUT2D eigenvalue weighted by Crippen LogP contribution is -2.58. The molecule has 0 heterocycles. The van der Waals surface area contributed by atoms with Gasteiger partial charge in [-0.05, 0) is 19.3 Å². The lowest BCUT2D eigenvalue weighted by Gasteiger charge is -2.34. The first-order valence-electron chi connectivity index (χ1n) is 12.6. The van der Waals surface area contributed by atoms with Crippen molar-refractivity contribution in [1.29, 1.82) is 0 Å². The standard InChI is InChI=1S/C23H34F12O7/c1-2-3-4-5-6-7-8-9-10-12-38-16-18(24,25)40-20(28,29)22(32,33)42-23(34,35)21(30,31)41-19(26,27)17-39-15-14-37-13-11-36/h2,36H,1,3-17H2. The predicted molar refractivity (Wildman–Crippen MR) is 120 cm³/mol. The van der Waals surface area contributed by atoms with E-state index < -0.39 is 76.3 Å². The molecule has 1 N–H and O–H groups in total. The van der Waals surface area contributed by atoms with E-state index in [0.717, 1.165) is 32.1 Å². The Morgan fingerprint density at radius 2 is 0.857 bits per heavy atom. The topological polar surface area (TPSA) is 75.6 Å². The Morgan fingerprint density at radius 3 is 1.31 bits per heavy atom. The summed E-state index contributed by atoms with van der Waals surface area (Å²) in [4.78, 5) is 0. The first-order chi connectivity index (χ1) is 19.2. The van der Waals surface area contributed by atoms with Gasteiger partial charge in [0.1, 0.15) is 13.2 Å². The summed E-state index contributed by atoms with van der Waals surface area (Å²) in [6, 6.07) is 0. The van der Waals surface area contributed by atoms with Crippen LogP contribution in [0.1, 0.15) is 51.4 Å². The zero-order valence-electron chi connectivity index (χ0n) is 22.3. The summed E-state index contributed by atoms with van der Waals surface area (Å²) in [5, 5.41) is 8.41. The quantitative estimate of drug-likeness (QED) is 0.0587. The smallest absolute Gasteiger partial charge is 0.394 e. The first-order valence-corrected chi connectivity index (χ1v) is 12.6. The van der Waals surface area contributed by atoms with E-state index in [0.29, 0.717) is 12.8 Å². The van der Waals surface area contributed by atoms with E-state index in [1.165, 1.54) is 0 Å². The minimum atomic E-state index is -6.94. The van der Waals surface area contributed by atoms with Crippen molar-refractivity contribution in [1.82, 2.24) is 0 Å². The van der Waals surface area contributed by atoms with E-state index in [1.807, 2.05) is 4.74 Å². The maximum Gasteiger partial charge on any atom is 0.453 e. The van der Waals surface area contributed by atoms with Crippen molar-refractivity contribution in [3.63, 3.8) is 0 Å². The van der Waals surface area contributed by atoms with Crippen LogP contribution in [0.15, 0.2) is 12.7 Å². The highest BCUT2D eigenvalue weighted by molar-refractivity contribution is 4.77. The van der Waals surface area contributed by atoms with E-state index in [2.05, 4.69) is 30.3 Å². The van der Waals surface area contributed by atoms with Crippen LogP contribution < -0.4 is 0 Å². The first kappa shape index (κ1) is 40.6. The van der Waals surface area contributed by atoms with Crippen molar-refractivity contribution < 1.29 is 86.2 Å². The molecule has 0 saturated heterocycles. The van der Waals surface area contributed by atoms with Crippen LogP contribution in [0, 0.1) is 0 Å². The Balaban J connectivity index is 4.82. The third-order valence-corrected chi connectivity index (χ3v) is 4.83. The number of aliphatic hydroxyl groups excluding tert-OH is 1. The van der Waals surface area contributed by atoms with Crippen LogP contribution in [0.4, 0.5) is 52.7 Å². The van der Waals surface area contributed by atoms with Crippen molar-refractivity contribution >= 4 is 0 Å².